The number of rotatable bonds is 4. The summed E-state index contributed by atoms with van der Waals surface area (Å²) in [6.07, 6.45) is 6.05. The van der Waals surface area contributed by atoms with Crippen molar-refractivity contribution >= 4 is 36.7 Å². The Bertz CT molecular complexity index is 313. The van der Waals surface area contributed by atoms with E-state index in [1.165, 1.54) is 12.8 Å². The zero-order valence-electron chi connectivity index (χ0n) is 13.2. The molecule has 0 aliphatic heterocycles. The van der Waals surface area contributed by atoms with Crippen molar-refractivity contribution in [3.8, 4) is 0 Å². The largest absolute Gasteiger partial charge is 0.480 e. The molecule has 0 radical (unpaired) electrons. The maximum atomic E-state index is 6.48. The van der Waals surface area contributed by atoms with Crippen LogP contribution >= 0.6 is 24.0 Å². The number of ether oxygens (including phenoxy) is 1. The van der Waals surface area contributed by atoms with Gasteiger partial charge in [0.15, 0.2) is 12.7 Å². The van der Waals surface area contributed by atoms with Crippen LogP contribution in [0.15, 0.2) is 0 Å². The van der Waals surface area contributed by atoms with Crippen LogP contribution in [-0.2, 0) is 9.16 Å². The molecule has 5 heteroatoms. The van der Waals surface area contributed by atoms with Gasteiger partial charge in [0.1, 0.15) is 0 Å². The second-order valence-corrected chi connectivity index (χ2v) is 13.5. The monoisotopic (exact) mass is 322 g/mol. The molecule has 1 aliphatic carbocycles. The highest BCUT2D eigenvalue weighted by atomic mass is 32.2. The number of hydrogen-bond donors (Lipinski definition) is 0. The Morgan fingerprint density at radius 3 is 2.47 bits per heavy atom. The molecule has 0 aromatic rings. The van der Waals surface area contributed by atoms with Gasteiger partial charge in [-0.3, -0.25) is 0 Å². The van der Waals surface area contributed by atoms with Crippen LogP contribution in [0.1, 0.15) is 40.0 Å². The van der Waals surface area contributed by atoms with Gasteiger partial charge in [-0.15, -0.1) is 0 Å². The van der Waals surface area contributed by atoms with E-state index in [4.69, 9.17) is 21.4 Å². The molecule has 1 aliphatic rings. The number of thiocarbonyl (C=S) groups is 1. The van der Waals surface area contributed by atoms with Gasteiger partial charge in [0.05, 0.1) is 6.61 Å². The van der Waals surface area contributed by atoms with Crippen LogP contribution < -0.4 is 0 Å². The summed E-state index contributed by atoms with van der Waals surface area (Å²) in [7, 11) is -1.62. The second kappa shape index (κ2) is 6.92. The van der Waals surface area contributed by atoms with Crippen molar-refractivity contribution in [3.05, 3.63) is 0 Å². The molecule has 1 fully saturated rings. The first kappa shape index (κ1) is 17.5. The van der Waals surface area contributed by atoms with E-state index in [1.807, 2.05) is 0 Å². The van der Waals surface area contributed by atoms with Gasteiger partial charge in [-0.2, -0.15) is 11.8 Å². The smallest absolute Gasteiger partial charge is 0.196 e. The Hall–Kier alpha value is 0.417. The quantitative estimate of drug-likeness (QED) is 0.568. The number of hydrogen-bond acceptors (Lipinski definition) is 3. The van der Waals surface area contributed by atoms with Crippen LogP contribution in [0, 0.1) is 5.92 Å². The molecule has 114 valence electrons. The fourth-order valence-corrected chi connectivity index (χ4v) is 3.84. The average Bonchev–Trinajstić information content (AvgIpc) is 2.71. The highest BCUT2D eigenvalue weighted by Gasteiger charge is 2.40. The van der Waals surface area contributed by atoms with Gasteiger partial charge in [-0.25, -0.2) is 0 Å². The second-order valence-electron chi connectivity index (χ2n) is 7.03. The molecule has 2 atom stereocenters. The normalized spacial score (nSPS) is 25.6. The van der Waals surface area contributed by atoms with Gasteiger partial charge < -0.3 is 9.16 Å². The average molecular weight is 323 g/mol. The van der Waals surface area contributed by atoms with Gasteiger partial charge in [0.2, 0.25) is 0 Å². The molecule has 0 heterocycles. The SMILES string of the molecule is C[SH2]C(=S)OCC1CCC(O[Si](C)(C)C(C)(C)C)C1. The summed E-state index contributed by atoms with van der Waals surface area (Å²) in [4.78, 5) is 0. The lowest BCUT2D eigenvalue weighted by Crippen LogP contribution is -2.43. The lowest BCUT2D eigenvalue weighted by Gasteiger charge is -2.38. The van der Waals surface area contributed by atoms with Crippen LogP contribution in [0.2, 0.25) is 18.1 Å². The summed E-state index contributed by atoms with van der Waals surface area (Å²) in [5.74, 6) is 0.629. The van der Waals surface area contributed by atoms with Gasteiger partial charge in [0, 0.05) is 6.10 Å². The van der Waals surface area contributed by atoms with Crippen LogP contribution in [-0.4, -0.2) is 31.7 Å². The minimum Gasteiger partial charge on any atom is -0.480 e. The van der Waals surface area contributed by atoms with Gasteiger partial charge in [-0.05, 0) is 61.8 Å². The minimum absolute atomic E-state index is 0.298. The summed E-state index contributed by atoms with van der Waals surface area (Å²) in [5, 5.41) is 0.298. The molecule has 1 saturated carbocycles. The van der Waals surface area contributed by atoms with Gasteiger partial charge in [-0.1, -0.05) is 20.8 Å². The molecular formula is C14H30O2S2Si. The Morgan fingerprint density at radius 2 is 1.95 bits per heavy atom. The summed E-state index contributed by atoms with van der Waals surface area (Å²) in [6.45, 7) is 12.4. The van der Waals surface area contributed by atoms with Crippen LogP contribution in [0.25, 0.3) is 0 Å². The van der Waals surface area contributed by atoms with E-state index in [0.29, 0.717) is 28.8 Å². The summed E-state index contributed by atoms with van der Waals surface area (Å²) in [5.41, 5.74) is 0. The van der Waals surface area contributed by atoms with E-state index < -0.39 is 8.32 Å². The van der Waals surface area contributed by atoms with Crippen LogP contribution in [0.5, 0.6) is 0 Å². The summed E-state index contributed by atoms with van der Waals surface area (Å²) in [6, 6.07) is 0. The zero-order chi connectivity index (χ0) is 14.7. The van der Waals surface area contributed by atoms with Crippen molar-refractivity contribution in [2.45, 2.75) is 64.3 Å². The van der Waals surface area contributed by atoms with Crippen molar-refractivity contribution in [3.63, 3.8) is 0 Å². The van der Waals surface area contributed by atoms with Crippen LogP contribution in [0.3, 0.4) is 0 Å². The summed E-state index contributed by atoms with van der Waals surface area (Å²) >= 11 is 5.74. The van der Waals surface area contributed by atoms with E-state index in [1.54, 1.807) is 0 Å². The van der Waals surface area contributed by atoms with Gasteiger partial charge in [0.25, 0.3) is 0 Å². The van der Waals surface area contributed by atoms with E-state index in [0.717, 1.165) is 17.4 Å². The van der Waals surface area contributed by atoms with E-state index >= 15 is 0 Å². The van der Waals surface area contributed by atoms with Crippen molar-refractivity contribution in [2.75, 3.05) is 12.9 Å². The zero-order valence-corrected chi connectivity index (χ0v) is 16.0. The van der Waals surface area contributed by atoms with Crippen molar-refractivity contribution < 1.29 is 9.16 Å². The van der Waals surface area contributed by atoms with Gasteiger partial charge >= 0.3 is 0 Å². The Kier molecular flexibility index (Phi) is 6.36. The maximum absolute atomic E-state index is 6.48. The topological polar surface area (TPSA) is 18.5 Å². The molecule has 0 aromatic carbocycles. The predicted molar refractivity (Wildman–Crippen MR) is 94.3 cm³/mol. The molecule has 0 aromatic heterocycles. The third kappa shape index (κ3) is 5.36. The molecule has 0 bridgehead atoms. The van der Waals surface area contributed by atoms with Crippen molar-refractivity contribution in [2.24, 2.45) is 5.92 Å². The standard InChI is InChI=1S/C14H30O2S2Si/c1-14(2,3)19(5,6)16-12-8-7-11(9-12)10-15-13(17)18-4/h11-12H,7-10,18H2,1-6H3. The maximum Gasteiger partial charge on any atom is 0.196 e. The predicted octanol–water partition coefficient (Wildman–Crippen LogP) is 4.31. The first-order chi connectivity index (χ1) is 8.65. The molecule has 0 saturated heterocycles. The van der Waals surface area contributed by atoms with Crippen LogP contribution in [0.4, 0.5) is 0 Å². The Balaban J connectivity index is 2.38. The fraction of sp³-hybridized carbons (Fsp3) is 0.929. The molecular weight excluding hydrogens is 292 g/mol. The fourth-order valence-electron chi connectivity index (χ4n) is 2.15. The molecule has 0 amide bonds. The van der Waals surface area contributed by atoms with E-state index in [2.05, 4.69) is 40.1 Å². The highest BCUT2D eigenvalue weighted by molar-refractivity contribution is 8.22. The van der Waals surface area contributed by atoms with E-state index in [9.17, 15) is 0 Å². The third-order valence-corrected chi connectivity index (χ3v) is 10.2. The Morgan fingerprint density at radius 1 is 1.32 bits per heavy atom. The molecule has 1 rings (SSSR count). The molecule has 2 nitrogen and oxygen atoms in total. The summed E-state index contributed by atoms with van der Waals surface area (Å²) < 4.78 is 12.9. The van der Waals surface area contributed by atoms with Crippen molar-refractivity contribution in [1.29, 1.82) is 0 Å². The lowest BCUT2D eigenvalue weighted by atomic mass is 10.1. The highest BCUT2D eigenvalue weighted by Crippen LogP contribution is 2.40. The first-order valence-corrected chi connectivity index (χ1v) is 12.0. The lowest BCUT2D eigenvalue weighted by molar-refractivity contribution is 0.172. The first-order valence-electron chi connectivity index (χ1n) is 7.18. The molecule has 19 heavy (non-hydrogen) atoms. The Labute approximate surface area is 129 Å². The molecule has 0 spiro atoms. The minimum atomic E-state index is -1.62. The van der Waals surface area contributed by atoms with Crippen molar-refractivity contribution in [1.82, 2.24) is 0 Å². The third-order valence-electron chi connectivity index (χ3n) is 4.41. The molecule has 2 unspecified atom stereocenters. The molecule has 0 N–H and O–H groups in total. The van der Waals surface area contributed by atoms with E-state index in [-0.39, 0.29) is 0 Å².